The summed E-state index contributed by atoms with van der Waals surface area (Å²) in [4.78, 5) is 4.33. The van der Waals surface area contributed by atoms with Gasteiger partial charge in [-0.3, -0.25) is 0 Å². The van der Waals surface area contributed by atoms with Crippen LogP contribution >= 0.6 is 11.6 Å². The lowest BCUT2D eigenvalue weighted by Gasteiger charge is -2.09. The Bertz CT molecular complexity index is 758. The van der Waals surface area contributed by atoms with Crippen molar-refractivity contribution in [1.29, 1.82) is 0 Å². The lowest BCUT2D eigenvalue weighted by Crippen LogP contribution is -2.01. The van der Waals surface area contributed by atoms with Crippen molar-refractivity contribution >= 4 is 28.2 Å². The van der Waals surface area contributed by atoms with Crippen LogP contribution in [0.25, 0.3) is 10.8 Å². The van der Waals surface area contributed by atoms with Crippen LogP contribution in [0.15, 0.2) is 54.7 Å². The molecule has 3 aromatic rings. The first kappa shape index (κ1) is 12.8. The number of aromatic hydroxyl groups is 1. The molecule has 0 unspecified atom stereocenters. The molecule has 1 heterocycles. The fourth-order valence-electron chi connectivity index (χ4n) is 2.13. The quantitative estimate of drug-likeness (QED) is 0.757. The molecule has 2 aromatic carbocycles. The average molecular weight is 285 g/mol. The smallest absolute Gasteiger partial charge is 0.134 e. The number of phenolic OH excluding ortho intramolecular Hbond substituents is 1. The molecule has 20 heavy (non-hydrogen) atoms. The van der Waals surface area contributed by atoms with E-state index in [0.717, 1.165) is 22.2 Å². The van der Waals surface area contributed by atoms with Crippen LogP contribution in [0.2, 0.25) is 5.02 Å². The summed E-state index contributed by atoms with van der Waals surface area (Å²) in [5.74, 6) is 0.981. The Balaban J connectivity index is 1.89. The Labute approximate surface area is 121 Å². The number of pyridine rings is 1. The number of anilines is 1. The van der Waals surface area contributed by atoms with E-state index in [1.165, 1.54) is 0 Å². The number of benzene rings is 2. The van der Waals surface area contributed by atoms with Crippen molar-refractivity contribution in [3.63, 3.8) is 0 Å². The molecule has 0 radical (unpaired) electrons. The molecule has 0 bridgehead atoms. The van der Waals surface area contributed by atoms with E-state index in [9.17, 15) is 5.11 Å². The summed E-state index contributed by atoms with van der Waals surface area (Å²) in [6.45, 7) is 0.627. The second-order valence-electron chi connectivity index (χ2n) is 4.55. The van der Waals surface area contributed by atoms with Crippen molar-refractivity contribution in [1.82, 2.24) is 4.98 Å². The Kier molecular flexibility index (Phi) is 3.44. The third-order valence-electron chi connectivity index (χ3n) is 3.10. The molecule has 3 nitrogen and oxygen atoms in total. The van der Waals surface area contributed by atoms with Gasteiger partial charge in [0.25, 0.3) is 0 Å². The Morgan fingerprint density at radius 1 is 1.10 bits per heavy atom. The molecule has 0 saturated carbocycles. The second-order valence-corrected chi connectivity index (χ2v) is 4.98. The minimum Gasteiger partial charge on any atom is -0.508 e. The molecule has 3 rings (SSSR count). The highest BCUT2D eigenvalue weighted by Gasteiger charge is 2.03. The largest absolute Gasteiger partial charge is 0.508 e. The maximum absolute atomic E-state index is 9.60. The molecule has 4 heteroatoms. The third kappa shape index (κ3) is 2.68. The molecule has 0 spiro atoms. The lowest BCUT2D eigenvalue weighted by atomic mass is 10.1. The summed E-state index contributed by atoms with van der Waals surface area (Å²) in [6.07, 6.45) is 1.75. The van der Waals surface area contributed by atoms with Crippen LogP contribution < -0.4 is 5.32 Å². The van der Waals surface area contributed by atoms with E-state index in [1.807, 2.05) is 36.4 Å². The number of rotatable bonds is 3. The van der Waals surface area contributed by atoms with Crippen LogP contribution in [0, 0.1) is 0 Å². The van der Waals surface area contributed by atoms with E-state index >= 15 is 0 Å². The van der Waals surface area contributed by atoms with Gasteiger partial charge in [-0.2, -0.15) is 0 Å². The first-order chi connectivity index (χ1) is 9.72. The molecule has 0 amide bonds. The fourth-order valence-corrected chi connectivity index (χ4v) is 2.34. The molecule has 1 aromatic heterocycles. The van der Waals surface area contributed by atoms with Crippen molar-refractivity contribution in [2.24, 2.45) is 0 Å². The van der Waals surface area contributed by atoms with Crippen LogP contribution in [0.3, 0.4) is 0 Å². The van der Waals surface area contributed by atoms with Gasteiger partial charge in [0.05, 0.1) is 0 Å². The minimum atomic E-state index is 0.233. The van der Waals surface area contributed by atoms with Crippen LogP contribution in [0.5, 0.6) is 5.75 Å². The summed E-state index contributed by atoms with van der Waals surface area (Å²) < 4.78 is 0. The van der Waals surface area contributed by atoms with Gasteiger partial charge in [0, 0.05) is 23.2 Å². The molecule has 100 valence electrons. The highest BCUT2D eigenvalue weighted by atomic mass is 35.5. The van der Waals surface area contributed by atoms with E-state index < -0.39 is 0 Å². The van der Waals surface area contributed by atoms with Crippen LogP contribution in [-0.4, -0.2) is 10.1 Å². The third-order valence-corrected chi connectivity index (χ3v) is 3.33. The standard InChI is InChI=1S/C16H13ClN2O/c17-13-3-1-2-11(8-13)10-19-16-15-9-14(20)5-4-12(15)6-7-18-16/h1-9,20H,10H2,(H,18,19). The molecule has 0 fully saturated rings. The molecule has 2 N–H and O–H groups in total. The van der Waals surface area contributed by atoms with Crippen molar-refractivity contribution in [3.05, 3.63) is 65.3 Å². The van der Waals surface area contributed by atoms with Gasteiger partial charge in [0.15, 0.2) is 0 Å². The monoisotopic (exact) mass is 284 g/mol. The highest BCUT2D eigenvalue weighted by molar-refractivity contribution is 6.30. The summed E-state index contributed by atoms with van der Waals surface area (Å²) in [6, 6.07) is 14.8. The second kappa shape index (κ2) is 5.39. The predicted octanol–water partition coefficient (Wildman–Crippen LogP) is 4.21. The van der Waals surface area contributed by atoms with Gasteiger partial charge in [-0.1, -0.05) is 29.8 Å². The first-order valence-electron chi connectivity index (χ1n) is 6.28. The summed E-state index contributed by atoms with van der Waals surface area (Å²) >= 11 is 5.97. The van der Waals surface area contributed by atoms with Gasteiger partial charge in [-0.05, 0) is 41.3 Å². The zero-order valence-corrected chi connectivity index (χ0v) is 11.4. The van der Waals surface area contributed by atoms with Gasteiger partial charge in [-0.15, -0.1) is 0 Å². The summed E-state index contributed by atoms with van der Waals surface area (Å²) in [5.41, 5.74) is 1.08. The average Bonchev–Trinajstić information content (AvgIpc) is 2.45. The van der Waals surface area contributed by atoms with E-state index in [1.54, 1.807) is 18.3 Å². The van der Waals surface area contributed by atoms with E-state index in [0.29, 0.717) is 11.6 Å². The van der Waals surface area contributed by atoms with Crippen LogP contribution in [-0.2, 0) is 6.54 Å². The molecule has 0 saturated heterocycles. The van der Waals surface area contributed by atoms with Crippen molar-refractivity contribution < 1.29 is 5.11 Å². The number of aromatic nitrogens is 1. The molecule has 0 aliphatic rings. The van der Waals surface area contributed by atoms with E-state index in [-0.39, 0.29) is 5.75 Å². The number of nitrogens with zero attached hydrogens (tertiary/aromatic N) is 1. The summed E-state index contributed by atoms with van der Waals surface area (Å²) in [7, 11) is 0. The SMILES string of the molecule is Oc1ccc2ccnc(NCc3cccc(Cl)c3)c2c1. The van der Waals surface area contributed by atoms with E-state index in [2.05, 4.69) is 10.3 Å². The first-order valence-corrected chi connectivity index (χ1v) is 6.66. The predicted molar refractivity (Wildman–Crippen MR) is 82.2 cm³/mol. The van der Waals surface area contributed by atoms with Crippen molar-refractivity contribution in [3.8, 4) is 5.75 Å². The van der Waals surface area contributed by atoms with Gasteiger partial charge in [0.1, 0.15) is 11.6 Å². The van der Waals surface area contributed by atoms with Gasteiger partial charge >= 0.3 is 0 Å². The molecular formula is C16H13ClN2O. The zero-order valence-electron chi connectivity index (χ0n) is 10.7. The topological polar surface area (TPSA) is 45.2 Å². The number of hydrogen-bond acceptors (Lipinski definition) is 3. The Morgan fingerprint density at radius 3 is 2.85 bits per heavy atom. The Morgan fingerprint density at radius 2 is 2.00 bits per heavy atom. The molecule has 0 atom stereocenters. The van der Waals surface area contributed by atoms with E-state index in [4.69, 9.17) is 11.6 Å². The van der Waals surface area contributed by atoms with Gasteiger partial charge < -0.3 is 10.4 Å². The summed E-state index contributed by atoms with van der Waals surface area (Å²) in [5, 5.41) is 15.5. The van der Waals surface area contributed by atoms with Crippen LogP contribution in [0.4, 0.5) is 5.82 Å². The van der Waals surface area contributed by atoms with Gasteiger partial charge in [-0.25, -0.2) is 4.98 Å². The number of halogens is 1. The Hall–Kier alpha value is -2.26. The normalized spacial score (nSPS) is 10.7. The zero-order chi connectivity index (χ0) is 13.9. The van der Waals surface area contributed by atoms with Gasteiger partial charge in [0.2, 0.25) is 0 Å². The van der Waals surface area contributed by atoms with Crippen LogP contribution in [0.1, 0.15) is 5.56 Å². The highest BCUT2D eigenvalue weighted by Crippen LogP contribution is 2.25. The fraction of sp³-hybridized carbons (Fsp3) is 0.0625. The lowest BCUT2D eigenvalue weighted by molar-refractivity contribution is 0.476. The number of nitrogens with one attached hydrogen (secondary N) is 1. The molecular weight excluding hydrogens is 272 g/mol. The van der Waals surface area contributed by atoms with Crippen molar-refractivity contribution in [2.45, 2.75) is 6.54 Å². The maximum Gasteiger partial charge on any atom is 0.134 e. The number of fused-ring (bicyclic) bond motifs is 1. The molecule has 0 aliphatic heterocycles. The molecule has 0 aliphatic carbocycles. The van der Waals surface area contributed by atoms with Crippen molar-refractivity contribution in [2.75, 3.05) is 5.32 Å². The number of phenols is 1. The maximum atomic E-state index is 9.60. The minimum absolute atomic E-state index is 0.233. The number of hydrogen-bond donors (Lipinski definition) is 2.